The van der Waals surface area contributed by atoms with Gasteiger partial charge in [0.15, 0.2) is 0 Å². The highest BCUT2D eigenvalue weighted by atomic mass is 14.8. The highest BCUT2D eigenvalue weighted by molar-refractivity contribution is 5.30. The first kappa shape index (κ1) is 12.9. The van der Waals surface area contributed by atoms with Gasteiger partial charge in [-0.3, -0.25) is 0 Å². The van der Waals surface area contributed by atoms with Crippen molar-refractivity contribution in [2.45, 2.75) is 56.9 Å². The van der Waals surface area contributed by atoms with Gasteiger partial charge in [-0.15, -0.1) is 0 Å². The standard InChI is InChI=1S/C19H27N/c1-18(2,20)17-14-8-13-9-15(17)12-19(10-13,11-14)16-6-4-3-5-7-16/h3-7,13-15,17H,8-12,20H2,1-2H3. The molecule has 5 rings (SSSR count). The average Bonchev–Trinajstić information content (AvgIpc) is 2.37. The third kappa shape index (κ3) is 1.79. The Labute approximate surface area is 122 Å². The van der Waals surface area contributed by atoms with Gasteiger partial charge in [-0.1, -0.05) is 30.3 Å². The number of benzene rings is 1. The summed E-state index contributed by atoms with van der Waals surface area (Å²) in [5.41, 5.74) is 8.63. The maximum absolute atomic E-state index is 6.54. The maximum atomic E-state index is 6.54. The highest BCUT2D eigenvalue weighted by Crippen LogP contribution is 2.64. The SMILES string of the molecule is CC(C)(N)C1C2CC3CC1CC(c1ccccc1)(C3)C2. The van der Waals surface area contributed by atoms with E-state index >= 15 is 0 Å². The van der Waals surface area contributed by atoms with E-state index in [0.717, 1.165) is 23.7 Å². The molecule has 4 fully saturated rings. The Bertz CT molecular complexity index is 482. The summed E-state index contributed by atoms with van der Waals surface area (Å²) in [7, 11) is 0. The average molecular weight is 269 g/mol. The third-order valence-electron chi connectivity index (χ3n) is 6.52. The van der Waals surface area contributed by atoms with E-state index in [1.54, 1.807) is 5.56 Å². The number of hydrogen-bond donors (Lipinski definition) is 1. The molecule has 1 nitrogen and oxygen atoms in total. The Kier molecular flexibility index (Phi) is 2.64. The van der Waals surface area contributed by atoms with Crippen molar-refractivity contribution >= 4 is 0 Å². The Morgan fingerprint density at radius 1 is 1.00 bits per heavy atom. The van der Waals surface area contributed by atoms with Crippen molar-refractivity contribution in [3.05, 3.63) is 35.9 Å². The number of rotatable bonds is 2. The molecule has 2 unspecified atom stereocenters. The van der Waals surface area contributed by atoms with Crippen LogP contribution in [-0.2, 0) is 5.41 Å². The monoisotopic (exact) mass is 269 g/mol. The van der Waals surface area contributed by atoms with E-state index < -0.39 is 0 Å². The van der Waals surface area contributed by atoms with Crippen molar-refractivity contribution in [2.75, 3.05) is 0 Å². The summed E-state index contributed by atoms with van der Waals surface area (Å²) in [5.74, 6) is 3.44. The van der Waals surface area contributed by atoms with E-state index in [1.807, 2.05) is 0 Å². The van der Waals surface area contributed by atoms with Crippen LogP contribution in [0.15, 0.2) is 30.3 Å². The molecule has 4 saturated carbocycles. The first-order chi connectivity index (χ1) is 9.48. The molecule has 108 valence electrons. The predicted molar refractivity (Wildman–Crippen MR) is 83.4 cm³/mol. The smallest absolute Gasteiger partial charge is 0.0131 e. The predicted octanol–water partition coefficient (Wildman–Crippen LogP) is 4.12. The molecule has 1 aromatic rings. The topological polar surface area (TPSA) is 26.0 Å². The quantitative estimate of drug-likeness (QED) is 0.859. The molecule has 0 aliphatic heterocycles. The van der Waals surface area contributed by atoms with E-state index in [-0.39, 0.29) is 5.54 Å². The summed E-state index contributed by atoms with van der Waals surface area (Å²) in [4.78, 5) is 0. The van der Waals surface area contributed by atoms with Crippen LogP contribution >= 0.6 is 0 Å². The molecule has 1 aromatic carbocycles. The molecule has 0 heterocycles. The van der Waals surface area contributed by atoms with Crippen LogP contribution in [0.4, 0.5) is 0 Å². The van der Waals surface area contributed by atoms with Crippen molar-refractivity contribution in [2.24, 2.45) is 29.4 Å². The molecule has 0 saturated heterocycles. The Balaban J connectivity index is 1.72. The molecular formula is C19H27N. The summed E-state index contributed by atoms with van der Waals surface area (Å²) in [6.45, 7) is 4.52. The van der Waals surface area contributed by atoms with Gasteiger partial charge < -0.3 is 5.73 Å². The Hall–Kier alpha value is -0.820. The van der Waals surface area contributed by atoms with Crippen LogP contribution in [0, 0.1) is 23.7 Å². The fourth-order valence-corrected chi connectivity index (χ4v) is 6.38. The van der Waals surface area contributed by atoms with E-state index in [9.17, 15) is 0 Å². The highest BCUT2D eigenvalue weighted by Gasteiger charge is 2.58. The first-order valence-electron chi connectivity index (χ1n) is 8.32. The lowest BCUT2D eigenvalue weighted by Crippen LogP contribution is -2.60. The zero-order valence-electron chi connectivity index (χ0n) is 12.8. The van der Waals surface area contributed by atoms with Crippen molar-refractivity contribution in [3.8, 4) is 0 Å². The van der Waals surface area contributed by atoms with Crippen molar-refractivity contribution in [1.82, 2.24) is 0 Å². The van der Waals surface area contributed by atoms with Crippen LogP contribution in [0.1, 0.15) is 51.5 Å². The molecule has 4 aliphatic carbocycles. The van der Waals surface area contributed by atoms with Crippen LogP contribution in [0.3, 0.4) is 0 Å². The number of hydrogen-bond acceptors (Lipinski definition) is 1. The number of nitrogens with two attached hydrogens (primary N) is 1. The summed E-state index contributed by atoms with van der Waals surface area (Å²) in [6, 6.07) is 11.3. The normalized spacial score (nSPS) is 43.0. The van der Waals surface area contributed by atoms with Gasteiger partial charge >= 0.3 is 0 Å². The van der Waals surface area contributed by atoms with Crippen molar-refractivity contribution < 1.29 is 0 Å². The molecule has 2 N–H and O–H groups in total. The van der Waals surface area contributed by atoms with Gasteiger partial charge in [0.2, 0.25) is 0 Å². The Morgan fingerprint density at radius 2 is 1.60 bits per heavy atom. The molecule has 2 atom stereocenters. The maximum Gasteiger partial charge on any atom is 0.0131 e. The molecule has 4 aliphatic rings. The first-order valence-corrected chi connectivity index (χ1v) is 8.32. The molecule has 0 aromatic heterocycles. The second-order valence-corrected chi connectivity index (χ2v) is 8.46. The van der Waals surface area contributed by atoms with Gasteiger partial charge in [-0.25, -0.2) is 0 Å². The van der Waals surface area contributed by atoms with E-state index in [4.69, 9.17) is 5.73 Å². The minimum Gasteiger partial charge on any atom is -0.325 e. The van der Waals surface area contributed by atoms with Crippen LogP contribution in [0.5, 0.6) is 0 Å². The van der Waals surface area contributed by atoms with Gasteiger partial charge in [-0.05, 0) is 80.6 Å². The largest absolute Gasteiger partial charge is 0.325 e. The summed E-state index contributed by atoms with van der Waals surface area (Å²) < 4.78 is 0. The van der Waals surface area contributed by atoms with Crippen molar-refractivity contribution in [1.29, 1.82) is 0 Å². The molecule has 1 heteroatoms. The van der Waals surface area contributed by atoms with Gasteiger partial charge in [0.05, 0.1) is 0 Å². The summed E-state index contributed by atoms with van der Waals surface area (Å²) in [6.07, 6.45) is 7.08. The second-order valence-electron chi connectivity index (χ2n) is 8.46. The van der Waals surface area contributed by atoms with Gasteiger partial charge in [0.1, 0.15) is 0 Å². The van der Waals surface area contributed by atoms with Crippen LogP contribution in [0.2, 0.25) is 0 Å². The zero-order valence-corrected chi connectivity index (χ0v) is 12.8. The van der Waals surface area contributed by atoms with Crippen LogP contribution in [0.25, 0.3) is 0 Å². The second kappa shape index (κ2) is 4.10. The van der Waals surface area contributed by atoms with Gasteiger partial charge in [-0.2, -0.15) is 0 Å². The third-order valence-corrected chi connectivity index (χ3v) is 6.52. The van der Waals surface area contributed by atoms with E-state index in [2.05, 4.69) is 44.2 Å². The fourth-order valence-electron chi connectivity index (χ4n) is 6.38. The van der Waals surface area contributed by atoms with E-state index in [1.165, 1.54) is 32.1 Å². The lowest BCUT2D eigenvalue weighted by Gasteiger charge is -2.63. The molecule has 0 radical (unpaired) electrons. The Morgan fingerprint density at radius 3 is 2.15 bits per heavy atom. The van der Waals surface area contributed by atoms with Gasteiger partial charge in [0, 0.05) is 5.54 Å². The fraction of sp³-hybridized carbons (Fsp3) is 0.684. The van der Waals surface area contributed by atoms with Gasteiger partial charge in [0.25, 0.3) is 0 Å². The zero-order chi connectivity index (χ0) is 14.0. The molecular weight excluding hydrogens is 242 g/mol. The summed E-state index contributed by atoms with van der Waals surface area (Å²) >= 11 is 0. The summed E-state index contributed by atoms with van der Waals surface area (Å²) in [5, 5.41) is 0. The lowest BCUT2D eigenvalue weighted by atomic mass is 9.43. The molecule has 0 spiro atoms. The van der Waals surface area contributed by atoms with Crippen molar-refractivity contribution in [3.63, 3.8) is 0 Å². The molecule has 20 heavy (non-hydrogen) atoms. The minimum atomic E-state index is 0.000487. The van der Waals surface area contributed by atoms with Crippen LogP contribution in [-0.4, -0.2) is 5.54 Å². The molecule has 0 amide bonds. The van der Waals surface area contributed by atoms with Crippen LogP contribution < -0.4 is 5.73 Å². The minimum absolute atomic E-state index is 0.000487. The lowest BCUT2D eigenvalue weighted by molar-refractivity contribution is -0.0794. The van der Waals surface area contributed by atoms with E-state index in [0.29, 0.717) is 5.41 Å². The molecule has 4 bridgehead atoms.